The van der Waals surface area contributed by atoms with E-state index in [9.17, 15) is 18.0 Å². The predicted octanol–water partition coefficient (Wildman–Crippen LogP) is 5.05. The highest BCUT2D eigenvalue weighted by molar-refractivity contribution is 7.71. The molecule has 1 aromatic heterocycles. The van der Waals surface area contributed by atoms with Gasteiger partial charge in [0.15, 0.2) is 4.77 Å². The quantitative estimate of drug-likeness (QED) is 0.527. The van der Waals surface area contributed by atoms with E-state index in [4.69, 9.17) is 12.2 Å². The average molecular weight is 401 g/mol. The second-order valence-electron chi connectivity index (χ2n) is 6.37. The zero-order valence-electron chi connectivity index (χ0n) is 14.3. The van der Waals surface area contributed by atoms with Crippen molar-refractivity contribution in [3.63, 3.8) is 0 Å². The Kier molecular flexibility index (Phi) is 4.43. The highest BCUT2D eigenvalue weighted by atomic mass is 32.1. The van der Waals surface area contributed by atoms with Crippen LogP contribution in [0.25, 0.3) is 5.70 Å². The van der Waals surface area contributed by atoms with E-state index >= 15 is 0 Å². The zero-order chi connectivity index (χ0) is 19.9. The number of H-pyrrole nitrogens is 2. The third kappa shape index (κ3) is 3.38. The average Bonchev–Trinajstić information content (AvgIpc) is 2.67. The van der Waals surface area contributed by atoms with Crippen molar-refractivity contribution in [2.75, 3.05) is 5.32 Å². The molecule has 28 heavy (non-hydrogen) atoms. The van der Waals surface area contributed by atoms with Crippen LogP contribution in [0.15, 0.2) is 65.5 Å². The Morgan fingerprint density at radius 1 is 0.964 bits per heavy atom. The molecule has 1 atom stereocenters. The van der Waals surface area contributed by atoms with Gasteiger partial charge in [0.25, 0.3) is 5.56 Å². The van der Waals surface area contributed by atoms with Crippen molar-refractivity contribution in [3.05, 3.63) is 98.1 Å². The van der Waals surface area contributed by atoms with Gasteiger partial charge in [0.2, 0.25) is 0 Å². The van der Waals surface area contributed by atoms with Crippen LogP contribution >= 0.6 is 12.2 Å². The largest absolute Gasteiger partial charge is 0.416 e. The van der Waals surface area contributed by atoms with Crippen molar-refractivity contribution in [2.45, 2.75) is 12.1 Å². The molecule has 0 spiro atoms. The van der Waals surface area contributed by atoms with Crippen molar-refractivity contribution in [2.24, 2.45) is 0 Å². The summed E-state index contributed by atoms with van der Waals surface area (Å²) in [6, 6.07) is 14.3. The van der Waals surface area contributed by atoms with Crippen LogP contribution in [0.1, 0.15) is 28.2 Å². The molecule has 2 aromatic carbocycles. The monoisotopic (exact) mass is 401 g/mol. The predicted molar refractivity (Wildman–Crippen MR) is 104 cm³/mol. The summed E-state index contributed by atoms with van der Waals surface area (Å²) >= 11 is 5.05. The standard InChI is InChI=1S/C20H14F3N3OS/c21-20(22,23)13-8-4-7-12(9-13)14-10-15(11-5-2-1-3-6-11)24-17-16(14)18(27)26-19(28)25-17/h1-10,14H,(H3,24,25,26,27,28). The van der Waals surface area contributed by atoms with Crippen molar-refractivity contribution in [1.29, 1.82) is 0 Å². The molecule has 1 aliphatic heterocycles. The summed E-state index contributed by atoms with van der Waals surface area (Å²) in [6.45, 7) is 0. The Bertz CT molecular complexity index is 1180. The number of benzene rings is 2. The van der Waals surface area contributed by atoms with Crippen LogP contribution in [-0.2, 0) is 6.18 Å². The Balaban J connectivity index is 1.93. The molecule has 8 heteroatoms. The van der Waals surface area contributed by atoms with Gasteiger partial charge < -0.3 is 10.3 Å². The first-order valence-corrected chi connectivity index (χ1v) is 8.81. The molecule has 142 valence electrons. The second kappa shape index (κ2) is 6.79. The van der Waals surface area contributed by atoms with Gasteiger partial charge in [-0.25, -0.2) is 0 Å². The Hall–Kier alpha value is -3.13. The van der Waals surface area contributed by atoms with Crippen LogP contribution in [0.2, 0.25) is 0 Å². The van der Waals surface area contributed by atoms with E-state index in [-0.39, 0.29) is 10.3 Å². The number of halogens is 3. The molecule has 0 fully saturated rings. The Morgan fingerprint density at radius 3 is 2.43 bits per heavy atom. The molecule has 0 radical (unpaired) electrons. The molecule has 0 saturated carbocycles. The topological polar surface area (TPSA) is 60.7 Å². The number of nitrogens with one attached hydrogen (secondary N) is 3. The van der Waals surface area contributed by atoms with Gasteiger partial charge in [0, 0.05) is 11.6 Å². The number of allylic oxidation sites excluding steroid dienone is 1. The number of rotatable bonds is 2. The van der Waals surface area contributed by atoms with E-state index in [0.717, 1.165) is 17.7 Å². The van der Waals surface area contributed by atoms with Gasteiger partial charge in [0.05, 0.1) is 11.1 Å². The lowest BCUT2D eigenvalue weighted by molar-refractivity contribution is -0.137. The van der Waals surface area contributed by atoms with E-state index in [1.807, 2.05) is 30.3 Å². The van der Waals surface area contributed by atoms with Gasteiger partial charge >= 0.3 is 6.18 Å². The molecule has 1 aliphatic rings. The number of aromatic nitrogens is 2. The lowest BCUT2D eigenvalue weighted by Gasteiger charge is -2.26. The summed E-state index contributed by atoms with van der Waals surface area (Å²) in [6.07, 6.45) is -2.72. The van der Waals surface area contributed by atoms with E-state index in [1.165, 1.54) is 6.07 Å². The minimum Gasteiger partial charge on any atom is -0.341 e. The van der Waals surface area contributed by atoms with Crippen LogP contribution in [0.4, 0.5) is 19.0 Å². The number of hydrogen-bond acceptors (Lipinski definition) is 3. The van der Waals surface area contributed by atoms with E-state index < -0.39 is 23.2 Å². The van der Waals surface area contributed by atoms with Gasteiger partial charge in [-0.15, -0.1) is 0 Å². The van der Waals surface area contributed by atoms with Gasteiger partial charge in [-0.1, -0.05) is 48.5 Å². The van der Waals surface area contributed by atoms with Crippen molar-refractivity contribution in [3.8, 4) is 0 Å². The summed E-state index contributed by atoms with van der Waals surface area (Å²) in [7, 11) is 0. The summed E-state index contributed by atoms with van der Waals surface area (Å²) in [4.78, 5) is 18.0. The molecule has 0 saturated heterocycles. The van der Waals surface area contributed by atoms with Gasteiger partial charge in [0.1, 0.15) is 5.82 Å². The number of alkyl halides is 3. The van der Waals surface area contributed by atoms with Crippen molar-refractivity contribution in [1.82, 2.24) is 9.97 Å². The van der Waals surface area contributed by atoms with Crippen LogP contribution in [0.5, 0.6) is 0 Å². The van der Waals surface area contributed by atoms with Crippen LogP contribution in [0.3, 0.4) is 0 Å². The number of aromatic amines is 2. The molecule has 0 amide bonds. The smallest absolute Gasteiger partial charge is 0.341 e. The van der Waals surface area contributed by atoms with Gasteiger partial charge in [-0.05, 0) is 35.5 Å². The lowest BCUT2D eigenvalue weighted by atomic mass is 9.87. The SMILES string of the molecule is O=c1[nH]c(=S)[nH]c2c1C(c1cccc(C(F)(F)F)c1)C=C(c1ccccc1)N2. The molecule has 4 nitrogen and oxygen atoms in total. The molecule has 0 aliphatic carbocycles. The maximum Gasteiger partial charge on any atom is 0.416 e. The number of hydrogen-bond donors (Lipinski definition) is 3. The highest BCUT2D eigenvalue weighted by Crippen LogP contribution is 2.38. The summed E-state index contributed by atoms with van der Waals surface area (Å²) in [5.41, 5.74) is 0.947. The summed E-state index contributed by atoms with van der Waals surface area (Å²) in [5, 5.41) is 3.14. The first-order chi connectivity index (χ1) is 13.3. The van der Waals surface area contributed by atoms with Gasteiger partial charge in [-0.2, -0.15) is 13.2 Å². The molecule has 2 heterocycles. The number of fused-ring (bicyclic) bond motifs is 1. The fourth-order valence-corrected chi connectivity index (χ4v) is 3.47. The van der Waals surface area contributed by atoms with Crippen LogP contribution in [0, 0.1) is 4.77 Å². The Labute approximate surface area is 162 Å². The lowest BCUT2D eigenvalue weighted by Crippen LogP contribution is -2.24. The Morgan fingerprint density at radius 2 is 1.71 bits per heavy atom. The third-order valence-electron chi connectivity index (χ3n) is 4.54. The van der Waals surface area contributed by atoms with E-state index in [0.29, 0.717) is 17.1 Å². The summed E-state index contributed by atoms with van der Waals surface area (Å²) < 4.78 is 39.7. The fraction of sp³-hybridized carbons (Fsp3) is 0.100. The third-order valence-corrected chi connectivity index (χ3v) is 4.75. The molecule has 1 unspecified atom stereocenters. The maximum atomic E-state index is 13.2. The minimum absolute atomic E-state index is 0.133. The summed E-state index contributed by atoms with van der Waals surface area (Å²) in [5.74, 6) is -0.304. The van der Waals surface area contributed by atoms with Crippen LogP contribution in [-0.4, -0.2) is 9.97 Å². The molecule has 3 aromatic rings. The first kappa shape index (κ1) is 18.2. The molecule has 4 rings (SSSR count). The van der Waals surface area contributed by atoms with E-state index in [1.54, 1.807) is 12.1 Å². The fourth-order valence-electron chi connectivity index (χ4n) is 3.28. The second-order valence-corrected chi connectivity index (χ2v) is 6.78. The normalized spacial score (nSPS) is 16.1. The van der Waals surface area contributed by atoms with E-state index in [2.05, 4.69) is 15.3 Å². The molecular formula is C20H14F3N3OS. The maximum absolute atomic E-state index is 13.2. The molecular weight excluding hydrogens is 387 g/mol. The highest BCUT2D eigenvalue weighted by Gasteiger charge is 2.32. The zero-order valence-corrected chi connectivity index (χ0v) is 15.1. The van der Waals surface area contributed by atoms with Gasteiger partial charge in [-0.3, -0.25) is 9.78 Å². The molecule has 0 bridgehead atoms. The van der Waals surface area contributed by atoms with Crippen molar-refractivity contribution < 1.29 is 13.2 Å². The van der Waals surface area contributed by atoms with Crippen molar-refractivity contribution >= 4 is 23.7 Å². The first-order valence-electron chi connectivity index (χ1n) is 8.41. The minimum atomic E-state index is -4.47. The number of anilines is 1. The van der Waals surface area contributed by atoms with Crippen LogP contribution < -0.4 is 10.9 Å². The molecule has 3 N–H and O–H groups in total.